The van der Waals surface area contributed by atoms with Gasteiger partial charge in [-0.25, -0.2) is 8.42 Å². The molecule has 0 spiro atoms. The summed E-state index contributed by atoms with van der Waals surface area (Å²) >= 11 is 3.25. The summed E-state index contributed by atoms with van der Waals surface area (Å²) in [5.41, 5.74) is -1.16. The second-order valence-corrected chi connectivity index (χ2v) is 7.01. The van der Waals surface area contributed by atoms with E-state index < -0.39 is 15.6 Å². The molecular formula is C12H13BrN2O3S. The van der Waals surface area contributed by atoms with Gasteiger partial charge in [-0.05, 0) is 37.1 Å². The van der Waals surface area contributed by atoms with E-state index in [1.807, 2.05) is 6.07 Å². The summed E-state index contributed by atoms with van der Waals surface area (Å²) < 4.78 is 33.0. The second-order valence-electron chi connectivity index (χ2n) is 4.41. The van der Waals surface area contributed by atoms with Crippen molar-refractivity contribution in [1.29, 1.82) is 5.26 Å². The summed E-state index contributed by atoms with van der Waals surface area (Å²) in [6.07, 6.45) is 1.12. The van der Waals surface area contributed by atoms with Gasteiger partial charge in [-0.15, -0.1) is 0 Å². The number of hydrogen-bond donors (Lipinski definition) is 1. The quantitative estimate of drug-likeness (QED) is 0.906. The molecule has 1 atom stereocenters. The Labute approximate surface area is 120 Å². The van der Waals surface area contributed by atoms with Crippen LogP contribution in [0.4, 0.5) is 0 Å². The maximum Gasteiger partial charge on any atom is 0.242 e. The SMILES string of the molecule is N#C[C@@]1(NS(=O)(=O)c2ccc(Br)cc2)CCCOC1. The number of hydrogen-bond acceptors (Lipinski definition) is 4. The molecule has 0 aromatic heterocycles. The molecule has 0 radical (unpaired) electrons. The monoisotopic (exact) mass is 344 g/mol. The van der Waals surface area contributed by atoms with Crippen LogP contribution in [-0.2, 0) is 14.8 Å². The Balaban J connectivity index is 2.25. The van der Waals surface area contributed by atoms with Gasteiger partial charge in [0, 0.05) is 11.1 Å². The average Bonchev–Trinajstić information content (AvgIpc) is 2.40. The molecule has 0 amide bonds. The van der Waals surface area contributed by atoms with Crippen molar-refractivity contribution >= 4 is 26.0 Å². The fourth-order valence-electron chi connectivity index (χ4n) is 1.92. The molecular weight excluding hydrogens is 332 g/mol. The first-order valence-electron chi connectivity index (χ1n) is 5.76. The highest BCUT2D eigenvalue weighted by molar-refractivity contribution is 9.10. The van der Waals surface area contributed by atoms with Gasteiger partial charge in [0.1, 0.15) is 5.54 Å². The molecule has 0 unspecified atom stereocenters. The molecule has 102 valence electrons. The molecule has 0 bridgehead atoms. The largest absolute Gasteiger partial charge is 0.378 e. The highest BCUT2D eigenvalue weighted by Crippen LogP contribution is 2.22. The molecule has 0 saturated carbocycles. The van der Waals surface area contributed by atoms with E-state index in [0.29, 0.717) is 19.4 Å². The lowest BCUT2D eigenvalue weighted by Crippen LogP contribution is -2.52. The van der Waals surface area contributed by atoms with Crippen molar-refractivity contribution in [3.05, 3.63) is 28.7 Å². The summed E-state index contributed by atoms with van der Waals surface area (Å²) in [5, 5.41) is 9.23. The molecule has 1 aliphatic heterocycles. The fourth-order valence-corrected chi connectivity index (χ4v) is 3.51. The molecule has 1 fully saturated rings. The molecule has 1 aromatic rings. The number of sulfonamides is 1. The van der Waals surface area contributed by atoms with Crippen LogP contribution in [0.25, 0.3) is 0 Å². The number of ether oxygens (including phenoxy) is 1. The van der Waals surface area contributed by atoms with E-state index in [4.69, 9.17) is 4.74 Å². The van der Waals surface area contributed by atoms with E-state index in [0.717, 1.165) is 4.47 Å². The minimum atomic E-state index is -3.72. The Kier molecular flexibility index (Phi) is 4.26. The third-order valence-corrected chi connectivity index (χ3v) is 4.99. The first-order chi connectivity index (χ1) is 8.97. The number of nitrogens with one attached hydrogen (secondary N) is 1. The lowest BCUT2D eigenvalue weighted by atomic mass is 9.96. The highest BCUT2D eigenvalue weighted by Gasteiger charge is 2.37. The number of nitrogens with zero attached hydrogens (tertiary/aromatic N) is 1. The van der Waals surface area contributed by atoms with Crippen LogP contribution in [0.1, 0.15) is 12.8 Å². The predicted octanol–water partition coefficient (Wildman–Crippen LogP) is 1.80. The molecule has 2 rings (SSSR count). The first kappa shape index (κ1) is 14.5. The number of halogens is 1. The van der Waals surface area contributed by atoms with Crippen LogP contribution in [0, 0.1) is 11.3 Å². The fraction of sp³-hybridized carbons (Fsp3) is 0.417. The van der Waals surface area contributed by atoms with Crippen molar-refractivity contribution in [1.82, 2.24) is 4.72 Å². The summed E-state index contributed by atoms with van der Waals surface area (Å²) in [6, 6.07) is 8.29. The van der Waals surface area contributed by atoms with Gasteiger partial charge in [0.25, 0.3) is 0 Å². The average molecular weight is 345 g/mol. The molecule has 1 N–H and O–H groups in total. The lowest BCUT2D eigenvalue weighted by Gasteiger charge is -2.30. The minimum Gasteiger partial charge on any atom is -0.378 e. The minimum absolute atomic E-state index is 0.0826. The van der Waals surface area contributed by atoms with Crippen molar-refractivity contribution in [2.45, 2.75) is 23.3 Å². The van der Waals surface area contributed by atoms with Crippen molar-refractivity contribution in [3.8, 4) is 6.07 Å². The van der Waals surface area contributed by atoms with Gasteiger partial charge in [-0.2, -0.15) is 9.98 Å². The molecule has 1 aliphatic rings. The van der Waals surface area contributed by atoms with Crippen molar-refractivity contribution in [2.75, 3.05) is 13.2 Å². The zero-order valence-corrected chi connectivity index (χ0v) is 12.5. The van der Waals surface area contributed by atoms with Gasteiger partial charge in [0.05, 0.1) is 17.6 Å². The van der Waals surface area contributed by atoms with E-state index in [9.17, 15) is 13.7 Å². The molecule has 7 heteroatoms. The van der Waals surface area contributed by atoms with Gasteiger partial charge in [0.2, 0.25) is 10.0 Å². The third-order valence-electron chi connectivity index (χ3n) is 2.91. The normalized spacial score (nSPS) is 23.8. The number of rotatable bonds is 3. The van der Waals surface area contributed by atoms with Gasteiger partial charge < -0.3 is 4.74 Å². The molecule has 1 heterocycles. The molecule has 5 nitrogen and oxygen atoms in total. The van der Waals surface area contributed by atoms with Gasteiger partial charge >= 0.3 is 0 Å². The lowest BCUT2D eigenvalue weighted by molar-refractivity contribution is 0.0532. The standard InChI is InChI=1S/C12H13BrN2O3S/c13-10-2-4-11(5-3-10)19(16,17)15-12(8-14)6-1-7-18-9-12/h2-5,15H,1,6-7,9H2/t12-/m0/s1. The van der Waals surface area contributed by atoms with E-state index in [1.165, 1.54) is 12.1 Å². The van der Waals surface area contributed by atoms with Crippen LogP contribution in [0.15, 0.2) is 33.6 Å². The van der Waals surface area contributed by atoms with Crippen molar-refractivity contribution in [2.24, 2.45) is 0 Å². The van der Waals surface area contributed by atoms with E-state index in [1.54, 1.807) is 12.1 Å². The van der Waals surface area contributed by atoms with Crippen LogP contribution >= 0.6 is 15.9 Å². The number of benzene rings is 1. The maximum atomic E-state index is 12.2. The highest BCUT2D eigenvalue weighted by atomic mass is 79.9. The van der Waals surface area contributed by atoms with E-state index in [2.05, 4.69) is 20.7 Å². The van der Waals surface area contributed by atoms with E-state index in [-0.39, 0.29) is 11.5 Å². The van der Waals surface area contributed by atoms with Crippen LogP contribution < -0.4 is 4.72 Å². The third kappa shape index (κ3) is 3.34. The first-order valence-corrected chi connectivity index (χ1v) is 8.04. The van der Waals surface area contributed by atoms with Crippen LogP contribution in [-0.4, -0.2) is 27.2 Å². The van der Waals surface area contributed by atoms with Crippen LogP contribution in [0.2, 0.25) is 0 Å². The van der Waals surface area contributed by atoms with Gasteiger partial charge in [-0.3, -0.25) is 0 Å². The Morgan fingerprint density at radius 2 is 2.05 bits per heavy atom. The van der Waals surface area contributed by atoms with Crippen LogP contribution in [0.3, 0.4) is 0 Å². The molecule has 0 aliphatic carbocycles. The summed E-state index contributed by atoms with van der Waals surface area (Å²) in [5.74, 6) is 0. The smallest absolute Gasteiger partial charge is 0.242 e. The zero-order valence-electron chi connectivity index (χ0n) is 10.1. The van der Waals surface area contributed by atoms with Gasteiger partial charge in [0.15, 0.2) is 0 Å². The Hall–Kier alpha value is -0.940. The Morgan fingerprint density at radius 3 is 2.58 bits per heavy atom. The van der Waals surface area contributed by atoms with Gasteiger partial charge in [-0.1, -0.05) is 15.9 Å². The van der Waals surface area contributed by atoms with E-state index >= 15 is 0 Å². The second kappa shape index (κ2) is 5.59. The molecule has 1 aromatic carbocycles. The topological polar surface area (TPSA) is 79.2 Å². The maximum absolute atomic E-state index is 12.2. The molecule has 1 saturated heterocycles. The predicted molar refractivity (Wildman–Crippen MR) is 72.9 cm³/mol. The summed E-state index contributed by atoms with van der Waals surface area (Å²) in [4.78, 5) is 0.135. The Bertz CT molecular complexity index is 586. The van der Waals surface area contributed by atoms with Crippen LogP contribution in [0.5, 0.6) is 0 Å². The summed E-state index contributed by atoms with van der Waals surface area (Å²) in [7, 11) is -3.72. The zero-order chi connectivity index (χ0) is 13.9. The molecule has 19 heavy (non-hydrogen) atoms. The summed E-state index contributed by atoms with van der Waals surface area (Å²) in [6.45, 7) is 0.642. The number of nitriles is 1. The van der Waals surface area contributed by atoms with Crippen molar-refractivity contribution < 1.29 is 13.2 Å². The van der Waals surface area contributed by atoms with Crippen molar-refractivity contribution in [3.63, 3.8) is 0 Å². The Morgan fingerprint density at radius 1 is 1.37 bits per heavy atom.